The van der Waals surface area contributed by atoms with Gasteiger partial charge in [-0.25, -0.2) is 13.8 Å². The first-order valence-corrected chi connectivity index (χ1v) is 13.0. The zero-order chi connectivity index (χ0) is 26.2. The van der Waals surface area contributed by atoms with E-state index in [9.17, 15) is 9.13 Å². The largest absolute Gasteiger partial charge is 0.382 e. The topological polar surface area (TPSA) is 102 Å². The van der Waals surface area contributed by atoms with Crippen LogP contribution in [0.25, 0.3) is 0 Å². The second-order valence-electron chi connectivity index (χ2n) is 7.51. The molecule has 0 unspecified atom stereocenters. The van der Waals surface area contributed by atoms with Gasteiger partial charge in [-0.15, -0.1) is 5.10 Å². The fourth-order valence-corrected chi connectivity index (χ4v) is 3.00. The first kappa shape index (κ1) is 34.8. The normalized spacial score (nSPS) is 12.9. The van der Waals surface area contributed by atoms with Gasteiger partial charge in [0, 0.05) is 39.0 Å². The first-order chi connectivity index (χ1) is 16.2. The van der Waals surface area contributed by atoms with E-state index < -0.39 is 23.2 Å². The molecule has 0 atom stereocenters. The van der Waals surface area contributed by atoms with Crippen molar-refractivity contribution in [2.24, 2.45) is 0 Å². The lowest BCUT2D eigenvalue weighted by molar-refractivity contribution is -0.0805. The number of hydrogen-bond acceptors (Lipinski definition) is 8. The molecule has 0 aliphatic heterocycles. The summed E-state index contributed by atoms with van der Waals surface area (Å²) in [5.74, 6) is -1.29. The minimum absolute atomic E-state index is 0.181. The van der Waals surface area contributed by atoms with E-state index in [1.54, 1.807) is 10.9 Å². The lowest BCUT2D eigenvalue weighted by atomic mass is 10.1. The average molecular weight is 520 g/mol. The second kappa shape index (κ2) is 23.4. The highest BCUT2D eigenvalue weighted by Crippen LogP contribution is 2.26. The third kappa shape index (κ3) is 21.2. The van der Waals surface area contributed by atoms with E-state index in [0.29, 0.717) is 12.2 Å². The van der Waals surface area contributed by atoms with Crippen LogP contribution in [0, 0.1) is 0 Å². The fourth-order valence-electron chi connectivity index (χ4n) is 2.42. The lowest BCUT2D eigenvalue weighted by Gasteiger charge is -2.20. The predicted octanol–water partition coefficient (Wildman–Crippen LogP) is 6.76. The Morgan fingerprint density at radius 1 is 0.971 bits per heavy atom. The van der Waals surface area contributed by atoms with Crippen molar-refractivity contribution in [2.45, 2.75) is 87.0 Å². The van der Waals surface area contributed by atoms with Crippen LogP contribution in [-0.4, -0.2) is 47.2 Å². The van der Waals surface area contributed by atoms with E-state index in [2.05, 4.69) is 43.2 Å². The number of ether oxygens (including phenoxy) is 2. The molecule has 0 aliphatic rings. The van der Waals surface area contributed by atoms with Gasteiger partial charge in [-0.05, 0) is 68.2 Å². The van der Waals surface area contributed by atoms with Crippen molar-refractivity contribution in [3.05, 3.63) is 35.2 Å². The summed E-state index contributed by atoms with van der Waals surface area (Å²) in [6.45, 7) is 19.8. The Morgan fingerprint density at radius 3 is 1.91 bits per heavy atom. The van der Waals surface area contributed by atoms with E-state index in [-0.39, 0.29) is 6.42 Å². The molecule has 0 amide bonds. The van der Waals surface area contributed by atoms with Gasteiger partial charge in [0.15, 0.2) is 5.79 Å². The molecule has 0 N–H and O–H groups in total. The molecule has 196 valence electrons. The molecule has 34 heavy (non-hydrogen) atoms. The highest BCUT2D eigenvalue weighted by Gasteiger charge is 2.29. The molecule has 1 heterocycles. The van der Waals surface area contributed by atoms with E-state index in [0.717, 1.165) is 39.3 Å². The monoisotopic (exact) mass is 519 g/mol. The Hall–Kier alpha value is -1.34. The Morgan fingerprint density at radius 2 is 1.50 bits per heavy atom. The van der Waals surface area contributed by atoms with Crippen molar-refractivity contribution in [3.63, 3.8) is 0 Å². The number of hydrogen-bond donors (Lipinski definition) is 0. The summed E-state index contributed by atoms with van der Waals surface area (Å²) < 4.78 is 42.5. The summed E-state index contributed by atoms with van der Waals surface area (Å²) in [7, 11) is -1.10. The summed E-state index contributed by atoms with van der Waals surface area (Å²) in [5.41, 5.74) is 3.21. The third-order valence-corrected chi connectivity index (χ3v) is 5.01. The van der Waals surface area contributed by atoms with Crippen LogP contribution in [0.3, 0.4) is 0 Å². The van der Waals surface area contributed by atoms with Crippen molar-refractivity contribution in [1.82, 2.24) is 15.0 Å². The standard InChI is InChI=1S/C15H23N3O4P2.2C4H10O/c1-12(2)6-5-7-13(3)8-9-18-11-14(16-17-18)10-15(4,21-23-19)22-24-20;2*1-3-5-4-2/h6,8,11H,5,7,9-10H2,1-4H3;2*3-4H2,1-2H3/b13-8-;;. The van der Waals surface area contributed by atoms with Crippen LogP contribution in [0.1, 0.15) is 73.9 Å². The number of nitrogens with zero attached hydrogens (tertiary/aromatic N) is 3. The number of aromatic nitrogens is 3. The predicted molar refractivity (Wildman–Crippen MR) is 136 cm³/mol. The van der Waals surface area contributed by atoms with Crippen molar-refractivity contribution in [2.75, 3.05) is 26.4 Å². The van der Waals surface area contributed by atoms with Crippen molar-refractivity contribution < 1.29 is 27.7 Å². The lowest BCUT2D eigenvalue weighted by Crippen LogP contribution is -2.29. The maximum atomic E-state index is 10.6. The third-order valence-electron chi connectivity index (χ3n) is 4.08. The molecule has 9 nitrogen and oxygen atoms in total. The summed E-state index contributed by atoms with van der Waals surface area (Å²) in [6, 6.07) is 0. The van der Waals surface area contributed by atoms with Gasteiger partial charge in [0.05, 0.1) is 12.2 Å². The molecular weight excluding hydrogens is 476 g/mol. The SMILES string of the molecule is CC(C)=CCC/C(C)=C\Cn1cc(CC(C)(OP=O)OP=O)nn1.CCOCC.CCOCC. The Kier molecular flexibility index (Phi) is 24.0. The maximum Gasteiger partial charge on any atom is 0.330 e. The molecule has 1 aromatic heterocycles. The molecule has 0 saturated carbocycles. The van der Waals surface area contributed by atoms with Gasteiger partial charge in [-0.2, -0.15) is 0 Å². The van der Waals surface area contributed by atoms with Crippen LogP contribution in [0.15, 0.2) is 29.5 Å². The van der Waals surface area contributed by atoms with Crippen LogP contribution in [0.2, 0.25) is 0 Å². The van der Waals surface area contributed by atoms with E-state index >= 15 is 0 Å². The Labute approximate surface area is 208 Å². The van der Waals surface area contributed by atoms with Crippen molar-refractivity contribution in [3.8, 4) is 0 Å². The molecule has 1 rings (SSSR count). The molecule has 0 bridgehead atoms. The fraction of sp³-hybridized carbons (Fsp3) is 0.739. The van der Waals surface area contributed by atoms with Crippen LogP contribution >= 0.6 is 17.4 Å². The van der Waals surface area contributed by atoms with Gasteiger partial charge >= 0.3 is 17.4 Å². The smallest absolute Gasteiger partial charge is 0.330 e. The van der Waals surface area contributed by atoms with Crippen LogP contribution in [-0.2, 0) is 40.6 Å². The molecule has 1 aromatic rings. The average Bonchev–Trinajstić information content (AvgIpc) is 3.21. The van der Waals surface area contributed by atoms with Gasteiger partial charge in [0.25, 0.3) is 0 Å². The summed E-state index contributed by atoms with van der Waals surface area (Å²) in [6.07, 6.45) is 8.31. The highest BCUT2D eigenvalue weighted by molar-refractivity contribution is 7.18. The summed E-state index contributed by atoms with van der Waals surface area (Å²) in [5, 5.41) is 8.07. The maximum absolute atomic E-state index is 10.6. The molecule has 0 saturated heterocycles. The highest BCUT2D eigenvalue weighted by atomic mass is 31.1. The van der Waals surface area contributed by atoms with Gasteiger partial charge in [0.1, 0.15) is 0 Å². The Bertz CT molecular complexity index is 687. The molecule has 0 aromatic carbocycles. The molecule has 11 heteroatoms. The molecule has 0 fully saturated rings. The molecule has 0 radical (unpaired) electrons. The van der Waals surface area contributed by atoms with Crippen molar-refractivity contribution in [1.29, 1.82) is 0 Å². The summed E-state index contributed by atoms with van der Waals surface area (Å²) in [4.78, 5) is 0. The minimum atomic E-state index is -1.29. The van der Waals surface area contributed by atoms with E-state index in [4.69, 9.17) is 18.5 Å². The zero-order valence-electron chi connectivity index (χ0n) is 22.1. The van der Waals surface area contributed by atoms with Gasteiger partial charge in [0.2, 0.25) is 0 Å². The first-order valence-electron chi connectivity index (χ1n) is 11.6. The van der Waals surface area contributed by atoms with Gasteiger partial charge < -0.3 is 9.47 Å². The molecular formula is C23H43N3O6P2. The van der Waals surface area contributed by atoms with Crippen molar-refractivity contribution >= 4 is 17.4 Å². The second-order valence-corrected chi connectivity index (χ2v) is 8.17. The molecule has 0 aliphatic carbocycles. The molecule has 0 spiro atoms. The van der Waals surface area contributed by atoms with Crippen LogP contribution in [0.5, 0.6) is 0 Å². The van der Waals surface area contributed by atoms with Gasteiger partial charge in [-0.1, -0.05) is 28.5 Å². The zero-order valence-corrected chi connectivity index (χ0v) is 23.9. The minimum Gasteiger partial charge on any atom is -0.382 e. The van der Waals surface area contributed by atoms with E-state index in [1.165, 1.54) is 18.1 Å². The number of rotatable bonds is 15. The quantitative estimate of drug-likeness (QED) is 0.142. The van der Waals surface area contributed by atoms with Gasteiger partial charge in [-0.3, -0.25) is 9.05 Å². The Balaban J connectivity index is 0. The van der Waals surface area contributed by atoms with Crippen LogP contribution in [0.4, 0.5) is 0 Å². The summed E-state index contributed by atoms with van der Waals surface area (Å²) >= 11 is 0. The van der Waals surface area contributed by atoms with Crippen LogP contribution < -0.4 is 0 Å². The van der Waals surface area contributed by atoms with E-state index in [1.807, 2.05) is 27.7 Å². The number of allylic oxidation sites excluding steroid dienone is 4.